The molecule has 1 aliphatic heterocycles. The van der Waals surface area contributed by atoms with E-state index < -0.39 is 88.1 Å². The van der Waals surface area contributed by atoms with Crippen molar-refractivity contribution in [2.75, 3.05) is 20.3 Å². The van der Waals surface area contributed by atoms with Crippen LogP contribution >= 0.6 is 0 Å². The van der Waals surface area contributed by atoms with Gasteiger partial charge in [0, 0.05) is 41.1 Å². The van der Waals surface area contributed by atoms with Gasteiger partial charge in [-0.25, -0.2) is 27.2 Å². The van der Waals surface area contributed by atoms with E-state index in [-0.39, 0.29) is 40.6 Å². The molecule has 0 spiro atoms. The number of halogens is 7. The standard InChI is InChI=1S/C30H24F7N5O5/c1-27(26(38)44)12-47-24-16(27)9-19(40-23(24)15-3-4-17(31)21(33)20(15)32)29(45,30(35,36)37)11-39-25(43)13-7-14-10-42(28(34)5-6-28)41-22(14)18(8-13)46-2/h3-4,7-10,45H,5-6,11-12H2,1-2H3,(H2,38,44)(H,39,43)/t27-,29?/m0/s1. The van der Waals surface area contributed by atoms with E-state index in [2.05, 4.69) is 10.1 Å². The molecule has 6 rings (SSSR count). The molecule has 2 aliphatic rings. The van der Waals surface area contributed by atoms with Crippen molar-refractivity contribution in [2.45, 2.75) is 42.8 Å². The zero-order valence-electron chi connectivity index (χ0n) is 24.4. The van der Waals surface area contributed by atoms with Gasteiger partial charge in [0.25, 0.3) is 5.91 Å². The van der Waals surface area contributed by atoms with Crippen molar-refractivity contribution in [3.8, 4) is 22.8 Å². The van der Waals surface area contributed by atoms with Crippen LogP contribution in [0, 0.1) is 17.5 Å². The molecule has 1 aliphatic carbocycles. The summed E-state index contributed by atoms with van der Waals surface area (Å²) in [6, 6.07) is 4.26. The first-order chi connectivity index (χ1) is 21.9. The zero-order valence-corrected chi connectivity index (χ0v) is 24.4. The summed E-state index contributed by atoms with van der Waals surface area (Å²) in [4.78, 5) is 29.3. The van der Waals surface area contributed by atoms with Gasteiger partial charge >= 0.3 is 6.18 Å². The van der Waals surface area contributed by atoms with Crippen LogP contribution in [0.3, 0.4) is 0 Å². The van der Waals surface area contributed by atoms with Crippen LogP contribution in [0.2, 0.25) is 0 Å². The zero-order chi connectivity index (χ0) is 34.3. The van der Waals surface area contributed by atoms with Crippen LogP contribution < -0.4 is 20.5 Å². The fourth-order valence-corrected chi connectivity index (χ4v) is 5.26. The van der Waals surface area contributed by atoms with Crippen LogP contribution in [0.1, 0.15) is 41.4 Å². The van der Waals surface area contributed by atoms with Gasteiger partial charge in [0.2, 0.25) is 17.3 Å². The van der Waals surface area contributed by atoms with Crippen molar-refractivity contribution in [1.29, 1.82) is 0 Å². The van der Waals surface area contributed by atoms with Crippen LogP contribution in [-0.4, -0.2) is 58.1 Å². The smallest absolute Gasteiger partial charge is 0.424 e. The number of fused-ring (bicyclic) bond motifs is 2. The number of nitrogens with zero attached hydrogens (tertiary/aromatic N) is 3. The van der Waals surface area contributed by atoms with Crippen LogP contribution in [0.25, 0.3) is 22.2 Å². The number of aromatic nitrogens is 3. The lowest BCUT2D eigenvalue weighted by Gasteiger charge is -2.31. The molecule has 4 N–H and O–H groups in total. The third-order valence-electron chi connectivity index (χ3n) is 8.43. The number of carbonyl (C=O) groups is 2. The van der Waals surface area contributed by atoms with Gasteiger partial charge in [0.15, 0.2) is 17.5 Å². The number of rotatable bonds is 8. The molecule has 0 radical (unpaired) electrons. The number of aliphatic hydroxyl groups is 1. The lowest BCUT2D eigenvalue weighted by atomic mass is 9.81. The molecule has 248 valence electrons. The molecular weight excluding hydrogens is 643 g/mol. The highest BCUT2D eigenvalue weighted by molar-refractivity contribution is 6.00. The molecule has 1 saturated carbocycles. The second-order valence-corrected chi connectivity index (χ2v) is 11.6. The lowest BCUT2D eigenvalue weighted by Crippen LogP contribution is -2.51. The molecular formula is C30H24F7N5O5. The van der Waals surface area contributed by atoms with Crippen molar-refractivity contribution in [3.63, 3.8) is 0 Å². The SMILES string of the molecule is COc1cc(C(=O)NCC(O)(c2cc3c(c(-c4ccc(F)c(F)c4F)n2)OC[C@]3(C)C(N)=O)C(F)(F)F)cc2cn(C3(F)CC3)nc12. The highest BCUT2D eigenvalue weighted by atomic mass is 19.4. The van der Waals surface area contributed by atoms with E-state index in [0.717, 1.165) is 10.7 Å². The van der Waals surface area contributed by atoms with E-state index >= 15 is 0 Å². The minimum Gasteiger partial charge on any atom is -0.494 e. The van der Waals surface area contributed by atoms with E-state index in [4.69, 9.17) is 15.2 Å². The highest BCUT2D eigenvalue weighted by Gasteiger charge is 2.58. The van der Waals surface area contributed by atoms with E-state index in [1.807, 2.05) is 5.32 Å². The third-order valence-corrected chi connectivity index (χ3v) is 8.43. The monoisotopic (exact) mass is 667 g/mol. The number of ether oxygens (including phenoxy) is 2. The molecule has 1 fully saturated rings. The number of primary amides is 1. The van der Waals surface area contributed by atoms with Crippen LogP contribution in [0.5, 0.6) is 11.5 Å². The van der Waals surface area contributed by atoms with Crippen molar-refractivity contribution in [1.82, 2.24) is 20.1 Å². The van der Waals surface area contributed by atoms with E-state index in [1.165, 1.54) is 26.3 Å². The van der Waals surface area contributed by atoms with Crippen molar-refractivity contribution in [3.05, 3.63) is 70.8 Å². The second-order valence-electron chi connectivity index (χ2n) is 11.6. The Kier molecular flexibility index (Phi) is 7.19. The summed E-state index contributed by atoms with van der Waals surface area (Å²) in [5.74, 6) is -9.71. The summed E-state index contributed by atoms with van der Waals surface area (Å²) in [6.07, 6.45) is -3.81. The van der Waals surface area contributed by atoms with Gasteiger partial charge < -0.3 is 25.6 Å². The summed E-state index contributed by atoms with van der Waals surface area (Å²) in [5.41, 5.74) is -3.58. The molecule has 2 aromatic heterocycles. The first kappa shape index (κ1) is 32.0. The largest absolute Gasteiger partial charge is 0.494 e. The molecule has 0 bridgehead atoms. The normalized spacial score (nSPS) is 19.5. The molecule has 17 heteroatoms. The van der Waals surface area contributed by atoms with Gasteiger partial charge in [-0.05, 0) is 37.3 Å². The Hall–Kier alpha value is -4.93. The topological polar surface area (TPSA) is 142 Å². The van der Waals surface area contributed by atoms with Crippen molar-refractivity contribution < 1.29 is 54.9 Å². The number of pyridine rings is 1. The summed E-state index contributed by atoms with van der Waals surface area (Å²) in [5, 5.41) is 17.6. The van der Waals surface area contributed by atoms with E-state index in [1.54, 1.807) is 0 Å². The van der Waals surface area contributed by atoms with Gasteiger partial charge in [-0.1, -0.05) is 0 Å². The number of hydrogen-bond donors (Lipinski definition) is 3. The fraction of sp³-hybridized carbons (Fsp3) is 0.333. The molecule has 4 aromatic rings. The Morgan fingerprint density at radius 1 is 1.15 bits per heavy atom. The average molecular weight is 668 g/mol. The average Bonchev–Trinajstić information content (AvgIpc) is 3.45. The Balaban J connectivity index is 1.43. The van der Waals surface area contributed by atoms with Gasteiger partial charge in [0.1, 0.15) is 34.7 Å². The first-order valence-corrected chi connectivity index (χ1v) is 13.9. The quantitative estimate of drug-likeness (QED) is 0.189. The van der Waals surface area contributed by atoms with Crippen LogP contribution in [-0.2, 0) is 21.6 Å². The predicted octanol–water partition coefficient (Wildman–Crippen LogP) is 4.26. The molecule has 2 atom stereocenters. The molecule has 1 unspecified atom stereocenters. The highest BCUT2D eigenvalue weighted by Crippen LogP contribution is 2.49. The molecule has 10 nitrogen and oxygen atoms in total. The third kappa shape index (κ3) is 4.99. The lowest BCUT2D eigenvalue weighted by molar-refractivity contribution is -0.265. The summed E-state index contributed by atoms with van der Waals surface area (Å²) in [7, 11) is 1.25. The Morgan fingerprint density at radius 3 is 2.47 bits per heavy atom. The first-order valence-electron chi connectivity index (χ1n) is 13.9. The maximum atomic E-state index is 14.9. The number of nitrogens with one attached hydrogen (secondary N) is 1. The molecule has 2 aromatic carbocycles. The van der Waals surface area contributed by atoms with E-state index in [0.29, 0.717) is 18.2 Å². The number of methoxy groups -OCH3 is 1. The number of nitrogens with two attached hydrogens (primary N) is 1. The maximum Gasteiger partial charge on any atom is 0.424 e. The molecule has 2 amide bonds. The number of amides is 2. The number of benzene rings is 2. The van der Waals surface area contributed by atoms with Gasteiger partial charge in [-0.3, -0.25) is 9.59 Å². The number of carbonyl (C=O) groups excluding carboxylic acids is 2. The molecule has 0 saturated heterocycles. The minimum absolute atomic E-state index is 0.0194. The van der Waals surface area contributed by atoms with Gasteiger partial charge in [-0.15, -0.1) is 0 Å². The van der Waals surface area contributed by atoms with Gasteiger partial charge in [0.05, 0.1) is 19.3 Å². The number of hydrogen-bond acceptors (Lipinski definition) is 7. The Morgan fingerprint density at radius 2 is 1.85 bits per heavy atom. The maximum absolute atomic E-state index is 14.9. The Labute approximate surface area is 260 Å². The predicted molar refractivity (Wildman–Crippen MR) is 148 cm³/mol. The van der Waals surface area contributed by atoms with Gasteiger partial charge in [-0.2, -0.15) is 18.3 Å². The van der Waals surface area contributed by atoms with Crippen LogP contribution in [0.15, 0.2) is 36.5 Å². The Bertz CT molecular complexity index is 1980. The van der Waals surface area contributed by atoms with Crippen molar-refractivity contribution >= 4 is 22.7 Å². The summed E-state index contributed by atoms with van der Waals surface area (Å²) >= 11 is 0. The number of alkyl halides is 4. The molecule has 47 heavy (non-hydrogen) atoms. The minimum atomic E-state index is -5.57. The van der Waals surface area contributed by atoms with Crippen LogP contribution in [0.4, 0.5) is 30.7 Å². The fourth-order valence-electron chi connectivity index (χ4n) is 5.26. The molecule has 3 heterocycles. The second kappa shape index (κ2) is 10.5. The van der Waals surface area contributed by atoms with E-state index in [9.17, 15) is 45.4 Å². The summed E-state index contributed by atoms with van der Waals surface area (Å²) < 4.78 is 113. The van der Waals surface area contributed by atoms with Crippen molar-refractivity contribution in [2.24, 2.45) is 5.73 Å². The summed E-state index contributed by atoms with van der Waals surface area (Å²) in [6.45, 7) is -0.890.